The predicted molar refractivity (Wildman–Crippen MR) is 68.9 cm³/mol. The van der Waals surface area contributed by atoms with Gasteiger partial charge in [0.2, 0.25) is 0 Å². The molecular weight excluding hydrogens is 238 g/mol. The third kappa shape index (κ3) is 2.68. The summed E-state index contributed by atoms with van der Waals surface area (Å²) in [4.78, 5) is 4.13. The Bertz CT molecular complexity index is 535. The second-order valence-corrected chi connectivity index (χ2v) is 4.27. The van der Waals surface area contributed by atoms with Gasteiger partial charge in [-0.25, -0.2) is 4.98 Å². The third-order valence-electron chi connectivity index (χ3n) is 2.42. The first-order valence-electron chi connectivity index (χ1n) is 5.20. The van der Waals surface area contributed by atoms with Gasteiger partial charge in [-0.05, 0) is 13.0 Å². The van der Waals surface area contributed by atoms with E-state index in [-0.39, 0.29) is 0 Å². The fraction of sp³-hybridized carbons (Fsp3) is 0.273. The van der Waals surface area contributed by atoms with Crippen molar-refractivity contribution < 1.29 is 0 Å². The van der Waals surface area contributed by atoms with Crippen LogP contribution < -0.4 is 11.1 Å². The Morgan fingerprint density at radius 2 is 2.29 bits per heavy atom. The molecule has 0 aliphatic heterocycles. The predicted octanol–water partition coefficient (Wildman–Crippen LogP) is 1.97. The van der Waals surface area contributed by atoms with E-state index in [1.165, 1.54) is 0 Å². The Hall–Kier alpha value is -1.75. The number of hydrogen-bond acceptors (Lipinski definition) is 4. The molecule has 0 saturated carbocycles. The first-order valence-corrected chi connectivity index (χ1v) is 5.58. The van der Waals surface area contributed by atoms with Gasteiger partial charge in [0, 0.05) is 25.4 Å². The molecule has 0 atom stereocenters. The summed E-state index contributed by atoms with van der Waals surface area (Å²) >= 11 is 6.01. The van der Waals surface area contributed by atoms with Crippen LogP contribution in [0.5, 0.6) is 0 Å². The van der Waals surface area contributed by atoms with Crippen LogP contribution in [-0.4, -0.2) is 14.8 Å². The summed E-state index contributed by atoms with van der Waals surface area (Å²) in [6.45, 7) is 2.60. The van der Waals surface area contributed by atoms with Gasteiger partial charge in [-0.3, -0.25) is 4.68 Å². The molecule has 90 valence electrons. The molecular formula is C11H14ClN5. The molecule has 0 aromatic carbocycles. The number of rotatable bonds is 3. The van der Waals surface area contributed by atoms with Gasteiger partial charge in [-0.1, -0.05) is 11.6 Å². The Balaban J connectivity index is 2.10. The fourth-order valence-corrected chi connectivity index (χ4v) is 1.83. The van der Waals surface area contributed by atoms with Crippen LogP contribution in [-0.2, 0) is 13.6 Å². The highest BCUT2D eigenvalue weighted by atomic mass is 35.5. The second-order valence-electron chi connectivity index (χ2n) is 3.87. The summed E-state index contributed by atoms with van der Waals surface area (Å²) in [6.07, 6.45) is 3.54. The summed E-state index contributed by atoms with van der Waals surface area (Å²) in [5, 5.41) is 7.94. The number of aromatic nitrogens is 3. The molecule has 0 spiro atoms. The lowest BCUT2D eigenvalue weighted by Gasteiger charge is -2.06. The maximum atomic E-state index is 6.01. The van der Waals surface area contributed by atoms with Crippen LogP contribution in [0.1, 0.15) is 11.3 Å². The number of nitrogens with zero attached hydrogens (tertiary/aromatic N) is 3. The number of halogens is 1. The number of anilines is 2. The second kappa shape index (κ2) is 4.63. The first kappa shape index (κ1) is 11.7. The Morgan fingerprint density at radius 3 is 2.88 bits per heavy atom. The van der Waals surface area contributed by atoms with Crippen molar-refractivity contribution in [3.05, 3.63) is 34.7 Å². The minimum absolute atomic E-state index is 0.520. The average Bonchev–Trinajstić information content (AvgIpc) is 2.56. The van der Waals surface area contributed by atoms with Crippen LogP contribution in [0.2, 0.25) is 5.02 Å². The topological polar surface area (TPSA) is 68.8 Å². The highest BCUT2D eigenvalue weighted by Crippen LogP contribution is 2.21. The number of hydrogen-bond donors (Lipinski definition) is 2. The molecule has 6 heteroatoms. The molecule has 0 saturated heterocycles. The quantitative estimate of drug-likeness (QED) is 0.875. The van der Waals surface area contributed by atoms with Gasteiger partial charge in [0.1, 0.15) is 5.82 Å². The maximum Gasteiger partial charge on any atom is 0.145 e. The average molecular weight is 252 g/mol. The Kier molecular flexibility index (Phi) is 3.19. The largest absolute Gasteiger partial charge is 0.397 e. The zero-order valence-corrected chi connectivity index (χ0v) is 10.5. The van der Waals surface area contributed by atoms with Crippen molar-refractivity contribution in [1.82, 2.24) is 14.8 Å². The summed E-state index contributed by atoms with van der Waals surface area (Å²) in [5.41, 5.74) is 8.23. The molecule has 0 bridgehead atoms. The normalized spacial score (nSPS) is 10.5. The monoisotopic (exact) mass is 251 g/mol. The van der Waals surface area contributed by atoms with E-state index in [0.717, 1.165) is 11.3 Å². The summed E-state index contributed by atoms with van der Waals surface area (Å²) in [6, 6.07) is 1.67. The first-order chi connectivity index (χ1) is 8.06. The van der Waals surface area contributed by atoms with Gasteiger partial charge < -0.3 is 11.1 Å². The summed E-state index contributed by atoms with van der Waals surface area (Å²) in [5.74, 6) is 0.629. The van der Waals surface area contributed by atoms with Gasteiger partial charge in [-0.2, -0.15) is 5.10 Å². The van der Waals surface area contributed by atoms with Crippen molar-refractivity contribution in [2.75, 3.05) is 11.1 Å². The minimum Gasteiger partial charge on any atom is -0.397 e. The zero-order valence-electron chi connectivity index (χ0n) is 9.74. The molecule has 0 fully saturated rings. The van der Waals surface area contributed by atoms with Crippen molar-refractivity contribution in [2.24, 2.45) is 7.05 Å². The standard InChI is InChI=1S/C11H14ClN5/c1-7-8(6-17(2)16-7)4-14-11-10(12)3-9(13)5-15-11/h3,5-6H,4,13H2,1-2H3,(H,14,15). The van der Waals surface area contributed by atoms with E-state index < -0.39 is 0 Å². The highest BCUT2D eigenvalue weighted by Gasteiger charge is 2.05. The molecule has 5 nitrogen and oxygen atoms in total. The lowest BCUT2D eigenvalue weighted by molar-refractivity contribution is 0.756. The molecule has 17 heavy (non-hydrogen) atoms. The van der Waals surface area contributed by atoms with Crippen LogP contribution in [0.3, 0.4) is 0 Å². The molecule has 0 amide bonds. The lowest BCUT2D eigenvalue weighted by atomic mass is 10.2. The molecule has 2 aromatic rings. The Labute approximate surface area is 105 Å². The van der Waals surface area contributed by atoms with E-state index in [4.69, 9.17) is 17.3 Å². The smallest absolute Gasteiger partial charge is 0.145 e. The highest BCUT2D eigenvalue weighted by molar-refractivity contribution is 6.33. The summed E-state index contributed by atoms with van der Waals surface area (Å²) in [7, 11) is 1.89. The van der Waals surface area contributed by atoms with Crippen molar-refractivity contribution in [3.8, 4) is 0 Å². The van der Waals surface area contributed by atoms with E-state index >= 15 is 0 Å². The van der Waals surface area contributed by atoms with Gasteiger partial charge >= 0.3 is 0 Å². The number of nitrogen functional groups attached to an aromatic ring is 1. The van der Waals surface area contributed by atoms with Crippen LogP contribution in [0.15, 0.2) is 18.5 Å². The molecule has 2 rings (SSSR count). The molecule has 2 heterocycles. The van der Waals surface area contributed by atoms with Crippen molar-refractivity contribution >= 4 is 23.1 Å². The molecule has 0 aliphatic carbocycles. The molecule has 0 aliphatic rings. The van der Waals surface area contributed by atoms with Gasteiger partial charge in [0.05, 0.1) is 22.6 Å². The molecule has 0 radical (unpaired) electrons. The molecule has 3 N–H and O–H groups in total. The lowest BCUT2D eigenvalue weighted by Crippen LogP contribution is -2.03. The zero-order chi connectivity index (χ0) is 12.4. The number of nitrogens with one attached hydrogen (secondary N) is 1. The van der Waals surface area contributed by atoms with Gasteiger partial charge in [0.15, 0.2) is 0 Å². The number of pyridine rings is 1. The van der Waals surface area contributed by atoms with E-state index in [0.29, 0.717) is 23.1 Å². The van der Waals surface area contributed by atoms with Crippen molar-refractivity contribution in [1.29, 1.82) is 0 Å². The SMILES string of the molecule is Cc1nn(C)cc1CNc1ncc(N)cc1Cl. The fourth-order valence-electron chi connectivity index (χ4n) is 1.58. The van der Waals surface area contributed by atoms with Crippen LogP contribution in [0.4, 0.5) is 11.5 Å². The van der Waals surface area contributed by atoms with E-state index in [1.807, 2.05) is 20.2 Å². The maximum absolute atomic E-state index is 6.01. The van der Waals surface area contributed by atoms with Crippen LogP contribution >= 0.6 is 11.6 Å². The van der Waals surface area contributed by atoms with E-state index in [1.54, 1.807) is 16.9 Å². The van der Waals surface area contributed by atoms with Crippen LogP contribution in [0.25, 0.3) is 0 Å². The minimum atomic E-state index is 0.520. The van der Waals surface area contributed by atoms with Crippen LogP contribution in [0, 0.1) is 6.92 Å². The van der Waals surface area contributed by atoms with Crippen molar-refractivity contribution in [2.45, 2.75) is 13.5 Å². The summed E-state index contributed by atoms with van der Waals surface area (Å²) < 4.78 is 1.78. The Morgan fingerprint density at radius 1 is 1.53 bits per heavy atom. The molecule has 2 aromatic heterocycles. The third-order valence-corrected chi connectivity index (χ3v) is 2.71. The number of nitrogens with two attached hydrogens (primary N) is 1. The van der Waals surface area contributed by atoms with E-state index in [9.17, 15) is 0 Å². The molecule has 0 unspecified atom stereocenters. The van der Waals surface area contributed by atoms with Crippen molar-refractivity contribution in [3.63, 3.8) is 0 Å². The van der Waals surface area contributed by atoms with E-state index in [2.05, 4.69) is 15.4 Å². The van der Waals surface area contributed by atoms with Gasteiger partial charge in [-0.15, -0.1) is 0 Å². The van der Waals surface area contributed by atoms with Gasteiger partial charge in [0.25, 0.3) is 0 Å². The number of aryl methyl sites for hydroxylation is 2.